The van der Waals surface area contributed by atoms with Gasteiger partial charge in [0.15, 0.2) is 5.82 Å². The van der Waals surface area contributed by atoms with E-state index in [0.717, 1.165) is 66.8 Å². The van der Waals surface area contributed by atoms with E-state index in [2.05, 4.69) is 32.2 Å². The zero-order valence-corrected chi connectivity index (χ0v) is 19.3. The lowest BCUT2D eigenvalue weighted by atomic mass is 9.91. The van der Waals surface area contributed by atoms with Crippen LogP contribution in [-0.2, 0) is 4.79 Å². The van der Waals surface area contributed by atoms with Gasteiger partial charge in [0, 0.05) is 49.7 Å². The van der Waals surface area contributed by atoms with Crippen molar-refractivity contribution in [1.29, 1.82) is 0 Å². The Hall–Kier alpha value is -3.36. The number of piperidine rings is 2. The number of aromatic nitrogens is 4. The summed E-state index contributed by atoms with van der Waals surface area (Å²) in [7, 11) is 1.82. The normalized spacial score (nSPS) is 21.4. The number of benzene rings is 1. The Morgan fingerprint density at radius 1 is 1.15 bits per heavy atom. The van der Waals surface area contributed by atoms with E-state index in [0.29, 0.717) is 30.3 Å². The number of rotatable bonds is 4. The molecule has 4 N–H and O–H groups in total. The first-order valence-corrected chi connectivity index (χ1v) is 11.9. The summed E-state index contributed by atoms with van der Waals surface area (Å²) in [5.74, 6) is 2.21. The number of nitrogens with two attached hydrogens (primary N) is 1. The molecular formula is C24H32N8O. The van der Waals surface area contributed by atoms with Crippen LogP contribution in [0, 0.1) is 5.92 Å². The number of fused-ring (bicyclic) bond motifs is 1. The van der Waals surface area contributed by atoms with Crippen LogP contribution in [0.1, 0.15) is 39.0 Å². The van der Waals surface area contributed by atoms with Crippen LogP contribution in [-0.4, -0.2) is 63.7 Å². The molecular weight excluding hydrogens is 416 g/mol. The number of nitrogens with zero attached hydrogens (tertiary/aromatic N) is 5. The second-order valence-electron chi connectivity index (χ2n) is 9.22. The Kier molecular flexibility index (Phi) is 5.78. The van der Waals surface area contributed by atoms with Crippen molar-refractivity contribution < 1.29 is 4.79 Å². The molecule has 2 fully saturated rings. The standard InChI is InChI=1S/C24H32N8O/c1-15-6-7-17(23(33)31-10-4-3-5-11-31)14-32(15)21-13-19(27-24(26-2)28-21)16-8-9-18-20(12-16)29-30-22(18)25/h8-9,12-13,15,17H,3-7,10-11,14H2,1-2H3,(H3,25,29,30)(H,26,27,28)/t15-,17+/m1/s1. The van der Waals surface area contributed by atoms with Crippen LogP contribution < -0.4 is 16.0 Å². The molecule has 0 spiro atoms. The quantitative estimate of drug-likeness (QED) is 0.561. The van der Waals surface area contributed by atoms with E-state index in [9.17, 15) is 4.79 Å². The second-order valence-corrected chi connectivity index (χ2v) is 9.22. The molecule has 5 rings (SSSR count). The number of hydrogen-bond donors (Lipinski definition) is 3. The third-order valence-corrected chi connectivity index (χ3v) is 7.02. The number of H-pyrrole nitrogens is 1. The van der Waals surface area contributed by atoms with Crippen molar-refractivity contribution in [3.8, 4) is 11.3 Å². The van der Waals surface area contributed by atoms with Gasteiger partial charge in [-0.1, -0.05) is 6.07 Å². The van der Waals surface area contributed by atoms with Crippen molar-refractivity contribution in [3.63, 3.8) is 0 Å². The van der Waals surface area contributed by atoms with Gasteiger partial charge in [0.25, 0.3) is 0 Å². The minimum Gasteiger partial charge on any atom is -0.382 e. The number of carbonyl (C=O) groups is 1. The minimum atomic E-state index is 0.0140. The monoisotopic (exact) mass is 448 g/mol. The molecule has 9 heteroatoms. The molecule has 2 atom stereocenters. The second kappa shape index (κ2) is 8.88. The molecule has 174 valence electrons. The highest BCUT2D eigenvalue weighted by Crippen LogP contribution is 2.32. The predicted octanol–water partition coefficient (Wildman–Crippen LogP) is 3.26. The van der Waals surface area contributed by atoms with Crippen LogP contribution in [0.5, 0.6) is 0 Å². The first-order valence-electron chi connectivity index (χ1n) is 11.9. The zero-order valence-electron chi connectivity index (χ0n) is 19.3. The maximum absolute atomic E-state index is 13.2. The summed E-state index contributed by atoms with van der Waals surface area (Å²) in [5.41, 5.74) is 8.56. The van der Waals surface area contributed by atoms with Crippen molar-refractivity contribution in [2.45, 2.75) is 45.1 Å². The molecule has 33 heavy (non-hydrogen) atoms. The van der Waals surface area contributed by atoms with E-state index < -0.39 is 0 Å². The Morgan fingerprint density at radius 2 is 1.97 bits per heavy atom. The van der Waals surface area contributed by atoms with Gasteiger partial charge in [0.05, 0.1) is 17.1 Å². The van der Waals surface area contributed by atoms with Crippen molar-refractivity contribution in [2.24, 2.45) is 5.92 Å². The summed E-state index contributed by atoms with van der Waals surface area (Å²) in [6, 6.07) is 8.29. The predicted molar refractivity (Wildman–Crippen MR) is 131 cm³/mol. The van der Waals surface area contributed by atoms with Gasteiger partial charge in [-0.3, -0.25) is 9.89 Å². The summed E-state index contributed by atoms with van der Waals surface area (Å²) < 4.78 is 0. The van der Waals surface area contributed by atoms with E-state index in [1.54, 1.807) is 0 Å². The fourth-order valence-corrected chi connectivity index (χ4v) is 5.04. The number of hydrogen-bond acceptors (Lipinski definition) is 7. The third-order valence-electron chi connectivity index (χ3n) is 7.02. The van der Waals surface area contributed by atoms with Gasteiger partial charge in [-0.25, -0.2) is 4.98 Å². The van der Waals surface area contributed by atoms with E-state index in [1.165, 1.54) is 6.42 Å². The summed E-state index contributed by atoms with van der Waals surface area (Å²) >= 11 is 0. The minimum absolute atomic E-state index is 0.0140. The first-order chi connectivity index (χ1) is 16.0. The smallest absolute Gasteiger partial charge is 0.227 e. The molecule has 2 aliphatic heterocycles. The SMILES string of the molecule is CNc1nc(-c2ccc3c(N)n[nH]c3c2)cc(N2C[C@@H](C(=O)N3CCCCC3)CC[C@H]2C)n1. The van der Waals surface area contributed by atoms with Gasteiger partial charge in [-0.15, -0.1) is 0 Å². The highest BCUT2D eigenvalue weighted by atomic mass is 16.2. The van der Waals surface area contributed by atoms with Gasteiger partial charge >= 0.3 is 0 Å². The molecule has 4 heterocycles. The molecule has 1 aromatic carbocycles. The number of amides is 1. The molecule has 0 aliphatic carbocycles. The molecule has 3 aromatic rings. The topological polar surface area (TPSA) is 116 Å². The van der Waals surface area contributed by atoms with Crippen LogP contribution in [0.4, 0.5) is 17.6 Å². The molecule has 9 nitrogen and oxygen atoms in total. The fraction of sp³-hybridized carbons (Fsp3) is 0.500. The summed E-state index contributed by atoms with van der Waals surface area (Å²) in [6.45, 7) is 4.69. The van der Waals surface area contributed by atoms with Gasteiger partial charge in [-0.05, 0) is 51.2 Å². The molecule has 0 saturated carbocycles. The number of aromatic amines is 1. The highest BCUT2D eigenvalue weighted by molar-refractivity contribution is 5.91. The largest absolute Gasteiger partial charge is 0.382 e. The van der Waals surface area contributed by atoms with Crippen LogP contribution in [0.3, 0.4) is 0 Å². The number of anilines is 3. The molecule has 2 aliphatic rings. The van der Waals surface area contributed by atoms with Crippen molar-refractivity contribution in [3.05, 3.63) is 24.3 Å². The maximum Gasteiger partial charge on any atom is 0.227 e. The van der Waals surface area contributed by atoms with Gasteiger partial charge in [-0.2, -0.15) is 10.1 Å². The molecule has 0 bridgehead atoms. The summed E-state index contributed by atoms with van der Waals surface area (Å²) in [4.78, 5) is 27.0. The maximum atomic E-state index is 13.2. The van der Waals surface area contributed by atoms with Gasteiger partial charge < -0.3 is 20.9 Å². The molecule has 2 saturated heterocycles. The molecule has 0 unspecified atom stereocenters. The van der Waals surface area contributed by atoms with E-state index in [1.807, 2.05) is 31.3 Å². The van der Waals surface area contributed by atoms with E-state index >= 15 is 0 Å². The number of likely N-dealkylation sites (tertiary alicyclic amines) is 1. The van der Waals surface area contributed by atoms with Crippen molar-refractivity contribution in [2.75, 3.05) is 42.6 Å². The molecule has 2 aromatic heterocycles. The van der Waals surface area contributed by atoms with Crippen LogP contribution in [0.2, 0.25) is 0 Å². The van der Waals surface area contributed by atoms with Gasteiger partial charge in [0.1, 0.15) is 5.82 Å². The average Bonchev–Trinajstić information content (AvgIpc) is 3.24. The van der Waals surface area contributed by atoms with E-state index in [4.69, 9.17) is 15.7 Å². The first kappa shape index (κ1) is 21.5. The Morgan fingerprint density at radius 3 is 2.76 bits per heavy atom. The lowest BCUT2D eigenvalue weighted by Gasteiger charge is -2.40. The van der Waals surface area contributed by atoms with Crippen molar-refractivity contribution >= 4 is 34.4 Å². The Balaban J connectivity index is 1.45. The van der Waals surface area contributed by atoms with Crippen molar-refractivity contribution in [1.82, 2.24) is 25.1 Å². The lowest BCUT2D eigenvalue weighted by molar-refractivity contribution is -0.136. The van der Waals surface area contributed by atoms with E-state index in [-0.39, 0.29) is 5.92 Å². The summed E-state index contributed by atoms with van der Waals surface area (Å²) in [6.07, 6.45) is 5.36. The van der Waals surface area contributed by atoms with Crippen LogP contribution in [0.25, 0.3) is 22.2 Å². The number of carbonyl (C=O) groups excluding carboxylic acids is 1. The molecule has 0 radical (unpaired) electrons. The lowest BCUT2D eigenvalue weighted by Crippen LogP contribution is -2.49. The Labute approximate surface area is 193 Å². The number of nitrogens with one attached hydrogen (secondary N) is 2. The third kappa shape index (κ3) is 4.19. The van der Waals surface area contributed by atoms with Crippen LogP contribution in [0.15, 0.2) is 24.3 Å². The summed E-state index contributed by atoms with van der Waals surface area (Å²) in [5, 5.41) is 11.1. The van der Waals surface area contributed by atoms with Gasteiger partial charge in [0.2, 0.25) is 11.9 Å². The highest BCUT2D eigenvalue weighted by Gasteiger charge is 2.33. The van der Waals surface area contributed by atoms with Crippen LogP contribution >= 0.6 is 0 Å². The fourth-order valence-electron chi connectivity index (χ4n) is 5.04. The molecule has 1 amide bonds. The Bertz CT molecular complexity index is 1150. The number of nitrogen functional groups attached to an aromatic ring is 1. The average molecular weight is 449 g/mol. The zero-order chi connectivity index (χ0) is 22.9.